The Morgan fingerprint density at radius 1 is 1.03 bits per heavy atom. The van der Waals surface area contributed by atoms with Gasteiger partial charge in [0.1, 0.15) is 5.76 Å². The van der Waals surface area contributed by atoms with Gasteiger partial charge in [0.05, 0.1) is 40.2 Å². The topological polar surface area (TPSA) is 76.4 Å². The van der Waals surface area contributed by atoms with Crippen molar-refractivity contribution in [2.24, 2.45) is 0 Å². The standard InChI is InChI=1S/C22H31N3O5/c1-16(18-6-5-13-30-18)23-20(26)15-25-11-9-24(10-12-25)14-17-7-8-19(27-2)22(29-4)21(17)28-3/h5-8,13,16H,9-12,14-15H2,1-4H3,(H,23,26)/t16-/m1/s1. The van der Waals surface area contributed by atoms with Crippen LogP contribution in [0.2, 0.25) is 0 Å². The van der Waals surface area contributed by atoms with Crippen molar-refractivity contribution in [1.82, 2.24) is 15.1 Å². The van der Waals surface area contributed by atoms with Crippen molar-refractivity contribution in [2.45, 2.75) is 19.5 Å². The number of carbonyl (C=O) groups is 1. The van der Waals surface area contributed by atoms with Crippen LogP contribution in [0.15, 0.2) is 34.9 Å². The van der Waals surface area contributed by atoms with Gasteiger partial charge < -0.3 is 23.9 Å². The Bertz CT molecular complexity index is 816. The Hall–Kier alpha value is -2.71. The number of piperazine rings is 1. The number of carbonyl (C=O) groups excluding carboxylic acids is 1. The van der Waals surface area contributed by atoms with Gasteiger partial charge in [0, 0.05) is 38.3 Å². The first-order chi connectivity index (χ1) is 14.5. The van der Waals surface area contributed by atoms with Crippen LogP contribution in [0.1, 0.15) is 24.3 Å². The van der Waals surface area contributed by atoms with Gasteiger partial charge >= 0.3 is 0 Å². The molecule has 1 atom stereocenters. The summed E-state index contributed by atoms with van der Waals surface area (Å²) in [5, 5.41) is 2.99. The Labute approximate surface area is 177 Å². The summed E-state index contributed by atoms with van der Waals surface area (Å²) in [6, 6.07) is 7.47. The molecule has 2 heterocycles. The van der Waals surface area contributed by atoms with Gasteiger partial charge in [0.15, 0.2) is 11.5 Å². The van der Waals surface area contributed by atoms with E-state index in [9.17, 15) is 4.79 Å². The van der Waals surface area contributed by atoms with Crippen LogP contribution < -0.4 is 19.5 Å². The number of benzene rings is 1. The van der Waals surface area contributed by atoms with E-state index in [-0.39, 0.29) is 11.9 Å². The molecule has 1 aromatic heterocycles. The maximum Gasteiger partial charge on any atom is 0.234 e. The van der Waals surface area contributed by atoms with Crippen molar-refractivity contribution in [3.8, 4) is 17.2 Å². The van der Waals surface area contributed by atoms with Gasteiger partial charge in [-0.05, 0) is 25.1 Å². The Morgan fingerprint density at radius 2 is 1.73 bits per heavy atom. The zero-order valence-corrected chi connectivity index (χ0v) is 18.1. The van der Waals surface area contributed by atoms with E-state index in [1.54, 1.807) is 27.6 Å². The van der Waals surface area contributed by atoms with E-state index in [1.807, 2.05) is 31.2 Å². The number of nitrogens with zero attached hydrogens (tertiary/aromatic N) is 2. The van der Waals surface area contributed by atoms with Gasteiger partial charge in [-0.15, -0.1) is 0 Å². The molecule has 30 heavy (non-hydrogen) atoms. The third kappa shape index (κ3) is 5.25. The molecule has 0 radical (unpaired) electrons. The van der Waals surface area contributed by atoms with Gasteiger partial charge in [-0.3, -0.25) is 14.6 Å². The molecule has 0 spiro atoms. The maximum absolute atomic E-state index is 12.4. The highest BCUT2D eigenvalue weighted by molar-refractivity contribution is 5.78. The summed E-state index contributed by atoms with van der Waals surface area (Å²) in [7, 11) is 4.86. The summed E-state index contributed by atoms with van der Waals surface area (Å²) in [6.45, 7) is 6.47. The van der Waals surface area contributed by atoms with E-state index in [1.165, 1.54) is 0 Å². The molecule has 8 heteroatoms. The third-order valence-electron chi connectivity index (χ3n) is 5.36. The van der Waals surface area contributed by atoms with E-state index >= 15 is 0 Å². The summed E-state index contributed by atoms with van der Waals surface area (Å²) >= 11 is 0. The number of hydrogen-bond acceptors (Lipinski definition) is 7. The van der Waals surface area contributed by atoms with Crippen molar-refractivity contribution in [1.29, 1.82) is 0 Å². The lowest BCUT2D eigenvalue weighted by molar-refractivity contribution is -0.123. The zero-order valence-electron chi connectivity index (χ0n) is 18.1. The van der Waals surface area contributed by atoms with Gasteiger partial charge in [0.2, 0.25) is 11.7 Å². The summed E-state index contributed by atoms with van der Waals surface area (Å²) in [5.41, 5.74) is 1.05. The van der Waals surface area contributed by atoms with Gasteiger partial charge in [-0.2, -0.15) is 0 Å². The molecule has 0 aliphatic carbocycles. The Morgan fingerprint density at radius 3 is 2.33 bits per heavy atom. The normalized spacial score (nSPS) is 16.1. The smallest absolute Gasteiger partial charge is 0.234 e. The van der Waals surface area contributed by atoms with Crippen LogP contribution in [0, 0.1) is 0 Å². The van der Waals surface area contributed by atoms with E-state index in [4.69, 9.17) is 18.6 Å². The number of nitrogens with one attached hydrogen (secondary N) is 1. The summed E-state index contributed by atoms with van der Waals surface area (Å²) in [5.74, 6) is 2.73. The number of amides is 1. The van der Waals surface area contributed by atoms with Gasteiger partial charge in [-0.1, -0.05) is 6.07 Å². The van der Waals surface area contributed by atoms with Gasteiger partial charge in [0.25, 0.3) is 0 Å². The minimum atomic E-state index is -0.133. The SMILES string of the molecule is COc1ccc(CN2CCN(CC(=O)N[C@H](C)c3ccco3)CC2)c(OC)c1OC. The number of methoxy groups -OCH3 is 3. The summed E-state index contributed by atoms with van der Waals surface area (Å²) in [6.07, 6.45) is 1.62. The fourth-order valence-electron chi connectivity index (χ4n) is 3.73. The minimum Gasteiger partial charge on any atom is -0.493 e. The molecule has 1 aliphatic rings. The number of rotatable bonds is 9. The molecular weight excluding hydrogens is 386 g/mol. The Kier molecular flexibility index (Phi) is 7.59. The molecule has 0 bridgehead atoms. The molecule has 1 aromatic carbocycles. The fourth-order valence-corrected chi connectivity index (χ4v) is 3.73. The average molecular weight is 418 g/mol. The van der Waals surface area contributed by atoms with E-state index in [0.29, 0.717) is 23.8 Å². The highest BCUT2D eigenvalue weighted by atomic mass is 16.5. The monoisotopic (exact) mass is 417 g/mol. The molecule has 0 unspecified atom stereocenters. The van der Waals surface area contributed by atoms with E-state index in [0.717, 1.165) is 44.0 Å². The van der Waals surface area contributed by atoms with Crippen LogP contribution in [0.4, 0.5) is 0 Å². The number of ether oxygens (including phenoxy) is 3. The van der Waals surface area contributed by atoms with Crippen LogP contribution in [0.3, 0.4) is 0 Å². The highest BCUT2D eigenvalue weighted by Gasteiger charge is 2.23. The molecule has 8 nitrogen and oxygen atoms in total. The second kappa shape index (κ2) is 10.4. The lowest BCUT2D eigenvalue weighted by Crippen LogP contribution is -2.49. The molecule has 1 fully saturated rings. The van der Waals surface area contributed by atoms with Crippen LogP contribution >= 0.6 is 0 Å². The van der Waals surface area contributed by atoms with Crippen molar-refractivity contribution in [3.63, 3.8) is 0 Å². The van der Waals surface area contributed by atoms with Gasteiger partial charge in [-0.25, -0.2) is 0 Å². The maximum atomic E-state index is 12.4. The van der Waals surface area contributed by atoms with E-state index in [2.05, 4.69) is 15.1 Å². The molecule has 2 aromatic rings. The molecule has 164 valence electrons. The summed E-state index contributed by atoms with van der Waals surface area (Å²) in [4.78, 5) is 16.9. The zero-order chi connectivity index (χ0) is 21.5. The molecule has 1 amide bonds. The minimum absolute atomic E-state index is 0.00825. The van der Waals surface area contributed by atoms with Crippen molar-refractivity contribution in [3.05, 3.63) is 41.9 Å². The predicted octanol–water partition coefficient (Wildman–Crippen LogP) is 2.30. The van der Waals surface area contributed by atoms with E-state index < -0.39 is 0 Å². The first kappa shape index (κ1) is 22.0. The van der Waals surface area contributed by atoms with Crippen LogP contribution in [0.25, 0.3) is 0 Å². The third-order valence-corrected chi connectivity index (χ3v) is 5.36. The molecule has 1 N–H and O–H groups in total. The predicted molar refractivity (Wildman–Crippen MR) is 113 cm³/mol. The molecule has 3 rings (SSSR count). The fraction of sp³-hybridized carbons (Fsp3) is 0.500. The number of furan rings is 1. The van der Waals surface area contributed by atoms with Crippen LogP contribution in [0.5, 0.6) is 17.2 Å². The quantitative estimate of drug-likeness (QED) is 0.671. The van der Waals surface area contributed by atoms with Crippen LogP contribution in [-0.2, 0) is 11.3 Å². The first-order valence-corrected chi connectivity index (χ1v) is 10.1. The lowest BCUT2D eigenvalue weighted by Gasteiger charge is -2.34. The largest absolute Gasteiger partial charge is 0.493 e. The Balaban J connectivity index is 1.50. The molecule has 0 saturated carbocycles. The first-order valence-electron chi connectivity index (χ1n) is 10.1. The second-order valence-corrected chi connectivity index (χ2v) is 7.35. The second-order valence-electron chi connectivity index (χ2n) is 7.35. The highest BCUT2D eigenvalue weighted by Crippen LogP contribution is 2.40. The summed E-state index contributed by atoms with van der Waals surface area (Å²) < 4.78 is 21.8. The molecular formula is C22H31N3O5. The lowest BCUT2D eigenvalue weighted by atomic mass is 10.1. The van der Waals surface area contributed by atoms with Crippen molar-refractivity contribution >= 4 is 5.91 Å². The van der Waals surface area contributed by atoms with Crippen molar-refractivity contribution in [2.75, 3.05) is 54.1 Å². The number of hydrogen-bond donors (Lipinski definition) is 1. The average Bonchev–Trinajstić information content (AvgIpc) is 3.29. The van der Waals surface area contributed by atoms with Crippen molar-refractivity contribution < 1.29 is 23.4 Å². The van der Waals surface area contributed by atoms with Crippen LogP contribution in [-0.4, -0.2) is 69.8 Å². The molecule has 1 saturated heterocycles. The molecule has 1 aliphatic heterocycles.